The van der Waals surface area contributed by atoms with E-state index in [0.29, 0.717) is 19.1 Å². The van der Waals surface area contributed by atoms with Gasteiger partial charge >= 0.3 is 6.18 Å². The number of nitrogens with zero attached hydrogens (tertiary/aromatic N) is 2. The molecule has 25 heavy (non-hydrogen) atoms. The summed E-state index contributed by atoms with van der Waals surface area (Å²) in [5.41, 5.74) is 0.951. The molecule has 7 heteroatoms. The van der Waals surface area contributed by atoms with Gasteiger partial charge in [-0.05, 0) is 56.6 Å². The molecule has 2 aromatic heterocycles. The lowest BCUT2D eigenvalue weighted by molar-refractivity contribution is -0.134. The molecule has 1 aliphatic heterocycles. The zero-order chi connectivity index (χ0) is 17.7. The van der Waals surface area contributed by atoms with Crippen LogP contribution in [0.25, 0.3) is 0 Å². The summed E-state index contributed by atoms with van der Waals surface area (Å²) < 4.78 is 38.6. The van der Waals surface area contributed by atoms with Crippen LogP contribution in [0.5, 0.6) is 0 Å². The number of pyridine rings is 1. The fourth-order valence-electron chi connectivity index (χ4n) is 3.20. The van der Waals surface area contributed by atoms with Gasteiger partial charge in [-0.25, -0.2) is 0 Å². The van der Waals surface area contributed by atoms with E-state index >= 15 is 0 Å². The fourth-order valence-corrected chi connectivity index (χ4v) is 4.10. The van der Waals surface area contributed by atoms with E-state index in [0.717, 1.165) is 54.3 Å². The number of halogens is 3. The van der Waals surface area contributed by atoms with Crippen molar-refractivity contribution in [3.8, 4) is 0 Å². The molecule has 1 fully saturated rings. The molecule has 0 amide bonds. The monoisotopic (exact) mass is 369 g/mol. The van der Waals surface area contributed by atoms with Gasteiger partial charge in [0.1, 0.15) is 4.88 Å². The molecule has 0 aromatic carbocycles. The predicted octanol–water partition coefficient (Wildman–Crippen LogP) is 4.31. The average Bonchev–Trinajstić information content (AvgIpc) is 2.89. The third-order valence-electron chi connectivity index (χ3n) is 4.45. The van der Waals surface area contributed by atoms with E-state index in [1.54, 1.807) is 12.3 Å². The van der Waals surface area contributed by atoms with Crippen LogP contribution in [0.15, 0.2) is 36.5 Å². The average molecular weight is 369 g/mol. The molecule has 1 aliphatic rings. The number of rotatable bonds is 5. The van der Waals surface area contributed by atoms with Crippen LogP contribution < -0.4 is 5.32 Å². The van der Waals surface area contributed by atoms with Crippen molar-refractivity contribution < 1.29 is 13.2 Å². The van der Waals surface area contributed by atoms with Crippen LogP contribution in [-0.4, -0.2) is 29.0 Å². The highest BCUT2D eigenvalue weighted by Gasteiger charge is 2.32. The van der Waals surface area contributed by atoms with Crippen molar-refractivity contribution in [1.82, 2.24) is 15.2 Å². The minimum Gasteiger partial charge on any atom is -0.317 e. The van der Waals surface area contributed by atoms with Gasteiger partial charge in [-0.3, -0.25) is 9.88 Å². The molecule has 3 nitrogen and oxygen atoms in total. The summed E-state index contributed by atoms with van der Waals surface area (Å²) in [6.45, 7) is 3.14. The molecule has 1 N–H and O–H groups in total. The quantitative estimate of drug-likeness (QED) is 0.851. The van der Waals surface area contributed by atoms with E-state index in [2.05, 4.69) is 15.2 Å². The topological polar surface area (TPSA) is 28.2 Å². The van der Waals surface area contributed by atoms with Gasteiger partial charge in [-0.15, -0.1) is 11.3 Å². The molecule has 0 saturated carbocycles. The molecular formula is C18H22F3N3S. The lowest BCUT2D eigenvalue weighted by Crippen LogP contribution is -2.35. The van der Waals surface area contributed by atoms with Gasteiger partial charge in [0.15, 0.2) is 0 Å². The van der Waals surface area contributed by atoms with Crippen LogP contribution >= 0.6 is 11.3 Å². The van der Waals surface area contributed by atoms with Crippen LogP contribution in [0.1, 0.15) is 34.7 Å². The molecule has 3 rings (SSSR count). The van der Waals surface area contributed by atoms with Crippen LogP contribution in [-0.2, 0) is 19.3 Å². The molecule has 0 aliphatic carbocycles. The normalized spacial score (nSPS) is 19.1. The van der Waals surface area contributed by atoms with Crippen LogP contribution in [0.2, 0.25) is 0 Å². The Bertz CT molecular complexity index is 649. The summed E-state index contributed by atoms with van der Waals surface area (Å²) in [5.74, 6) is 0. The van der Waals surface area contributed by atoms with Gasteiger partial charge in [-0.1, -0.05) is 6.07 Å². The van der Waals surface area contributed by atoms with Crippen molar-refractivity contribution in [2.45, 2.75) is 44.6 Å². The highest BCUT2D eigenvalue weighted by atomic mass is 32.1. The number of hydrogen-bond donors (Lipinski definition) is 1. The standard InChI is InChI=1S/C18H22F3N3S/c19-18(20,21)17-7-6-16(25-17)13-24(12-14-4-1-2-10-23-14)15-5-3-9-22-11-8-15/h1-2,4,6-7,10,15,22H,3,5,8-9,11-13H2. The largest absolute Gasteiger partial charge is 0.425 e. The summed E-state index contributed by atoms with van der Waals surface area (Å²) >= 11 is 0.845. The Morgan fingerprint density at radius 1 is 1.12 bits per heavy atom. The predicted molar refractivity (Wildman–Crippen MR) is 93.3 cm³/mol. The molecule has 136 valence electrons. The van der Waals surface area contributed by atoms with Crippen molar-refractivity contribution in [3.05, 3.63) is 52.0 Å². The Kier molecular flexibility index (Phi) is 6.09. The Morgan fingerprint density at radius 3 is 2.72 bits per heavy atom. The van der Waals surface area contributed by atoms with Gasteiger partial charge in [0.25, 0.3) is 0 Å². The first-order valence-corrected chi connectivity index (χ1v) is 9.34. The van der Waals surface area contributed by atoms with E-state index in [1.807, 2.05) is 18.2 Å². The first-order valence-electron chi connectivity index (χ1n) is 8.53. The Morgan fingerprint density at radius 2 is 2.00 bits per heavy atom. The summed E-state index contributed by atoms with van der Waals surface area (Å²) in [6, 6.07) is 8.94. The van der Waals surface area contributed by atoms with E-state index < -0.39 is 11.1 Å². The minimum absolute atomic E-state index is 0.355. The zero-order valence-electron chi connectivity index (χ0n) is 13.9. The van der Waals surface area contributed by atoms with Crippen LogP contribution in [0.4, 0.5) is 13.2 Å². The Hall–Kier alpha value is -1.44. The van der Waals surface area contributed by atoms with E-state index in [4.69, 9.17) is 0 Å². The number of thiophene rings is 1. The molecule has 1 saturated heterocycles. The lowest BCUT2D eigenvalue weighted by atomic mass is 10.1. The maximum absolute atomic E-state index is 12.9. The molecule has 1 unspecified atom stereocenters. The molecule has 3 heterocycles. The fraction of sp³-hybridized carbons (Fsp3) is 0.500. The molecule has 0 bridgehead atoms. The minimum atomic E-state index is -4.26. The smallest absolute Gasteiger partial charge is 0.317 e. The van der Waals surface area contributed by atoms with Crippen molar-refractivity contribution in [2.75, 3.05) is 13.1 Å². The second-order valence-electron chi connectivity index (χ2n) is 6.32. The number of alkyl halides is 3. The molecule has 1 atom stereocenters. The van der Waals surface area contributed by atoms with Crippen molar-refractivity contribution in [2.24, 2.45) is 0 Å². The summed E-state index contributed by atoms with van der Waals surface area (Å²) in [5, 5.41) is 3.40. The first kappa shape index (κ1) is 18.4. The second kappa shape index (κ2) is 8.29. The van der Waals surface area contributed by atoms with Gasteiger partial charge in [0, 0.05) is 30.2 Å². The molecule has 0 radical (unpaired) electrons. The molecule has 2 aromatic rings. The van der Waals surface area contributed by atoms with Crippen molar-refractivity contribution >= 4 is 11.3 Å². The maximum Gasteiger partial charge on any atom is 0.425 e. The highest BCUT2D eigenvalue weighted by molar-refractivity contribution is 7.12. The van der Waals surface area contributed by atoms with Gasteiger partial charge in [0.05, 0.1) is 5.69 Å². The van der Waals surface area contributed by atoms with Crippen molar-refractivity contribution in [3.63, 3.8) is 0 Å². The number of nitrogens with one attached hydrogen (secondary N) is 1. The van der Waals surface area contributed by atoms with Crippen molar-refractivity contribution in [1.29, 1.82) is 0 Å². The van der Waals surface area contributed by atoms with Gasteiger partial charge in [0.2, 0.25) is 0 Å². The maximum atomic E-state index is 12.9. The number of hydrogen-bond acceptors (Lipinski definition) is 4. The SMILES string of the molecule is FC(F)(F)c1ccc(CN(Cc2ccccn2)C2CCCNCC2)s1. The van der Waals surface area contributed by atoms with Gasteiger partial charge in [-0.2, -0.15) is 13.2 Å². The second-order valence-corrected chi connectivity index (χ2v) is 7.49. The molecular weight excluding hydrogens is 347 g/mol. The van der Waals surface area contributed by atoms with E-state index in [9.17, 15) is 13.2 Å². The van der Waals surface area contributed by atoms with Crippen LogP contribution in [0, 0.1) is 0 Å². The zero-order valence-corrected chi connectivity index (χ0v) is 14.7. The van der Waals surface area contributed by atoms with E-state index in [-0.39, 0.29) is 0 Å². The van der Waals surface area contributed by atoms with Crippen LogP contribution in [0.3, 0.4) is 0 Å². The summed E-state index contributed by atoms with van der Waals surface area (Å²) in [6.07, 6.45) is 0.638. The summed E-state index contributed by atoms with van der Waals surface area (Å²) in [7, 11) is 0. The highest BCUT2D eigenvalue weighted by Crippen LogP contribution is 2.35. The first-order chi connectivity index (χ1) is 12.0. The Balaban J connectivity index is 1.76. The third kappa shape index (κ3) is 5.26. The number of aromatic nitrogens is 1. The third-order valence-corrected chi connectivity index (χ3v) is 5.57. The van der Waals surface area contributed by atoms with E-state index in [1.165, 1.54) is 6.07 Å². The van der Waals surface area contributed by atoms with Gasteiger partial charge < -0.3 is 5.32 Å². The summed E-state index contributed by atoms with van der Waals surface area (Å²) in [4.78, 5) is 6.89. The Labute approximate surface area is 149 Å². The lowest BCUT2D eigenvalue weighted by Gasteiger charge is -2.30. The molecule has 0 spiro atoms.